The average Bonchev–Trinajstić information content (AvgIpc) is 3.22. The van der Waals surface area contributed by atoms with Crippen molar-refractivity contribution < 1.29 is 22.7 Å². The zero-order valence-electron chi connectivity index (χ0n) is 14.9. The largest absolute Gasteiger partial charge is 0.453 e. The highest BCUT2D eigenvalue weighted by atomic mass is 32.2. The highest BCUT2D eigenvalue weighted by Gasteiger charge is 2.31. The van der Waals surface area contributed by atoms with Gasteiger partial charge in [-0.1, -0.05) is 0 Å². The van der Waals surface area contributed by atoms with Crippen molar-refractivity contribution in [2.45, 2.75) is 33.2 Å². The first kappa shape index (κ1) is 18.8. The summed E-state index contributed by atoms with van der Waals surface area (Å²) in [5.74, 6) is -0.515. The van der Waals surface area contributed by atoms with Crippen molar-refractivity contribution in [3.8, 4) is 0 Å². The van der Waals surface area contributed by atoms with Crippen molar-refractivity contribution in [3.63, 3.8) is 0 Å². The Bertz CT molecular complexity index is 968. The number of aromatic nitrogens is 1. The minimum atomic E-state index is -3.01. The van der Waals surface area contributed by atoms with Crippen LogP contribution in [-0.2, 0) is 14.6 Å². The molecule has 0 radical (unpaired) electrons. The average molecular weight is 396 g/mol. The molecule has 0 bridgehead atoms. The molecule has 0 saturated carbocycles. The third-order valence-corrected chi connectivity index (χ3v) is 7.37. The topological polar surface area (TPSA) is 82.4 Å². The van der Waals surface area contributed by atoms with E-state index in [9.17, 15) is 18.0 Å². The summed E-state index contributed by atoms with van der Waals surface area (Å²) in [6, 6.07) is 5.11. The Labute approximate surface area is 156 Å². The zero-order valence-corrected chi connectivity index (χ0v) is 16.6. The molecule has 0 spiro atoms. The fraction of sp³-hybridized carbons (Fsp3) is 0.444. The molecular weight excluding hydrogens is 374 g/mol. The molecule has 0 N–H and O–H groups in total. The van der Waals surface area contributed by atoms with Gasteiger partial charge in [0.2, 0.25) is 5.78 Å². The van der Waals surface area contributed by atoms with Crippen molar-refractivity contribution in [1.29, 1.82) is 0 Å². The lowest BCUT2D eigenvalue weighted by molar-refractivity contribution is 0.0479. The molecule has 1 fully saturated rings. The Balaban J connectivity index is 1.72. The van der Waals surface area contributed by atoms with Crippen LogP contribution in [0.5, 0.6) is 0 Å². The molecule has 1 atom stereocenters. The van der Waals surface area contributed by atoms with Crippen LogP contribution in [0, 0.1) is 20.8 Å². The van der Waals surface area contributed by atoms with Crippen LogP contribution in [0.4, 0.5) is 0 Å². The van der Waals surface area contributed by atoms with E-state index in [1.165, 1.54) is 11.3 Å². The van der Waals surface area contributed by atoms with Crippen LogP contribution >= 0.6 is 11.3 Å². The van der Waals surface area contributed by atoms with Crippen LogP contribution in [0.2, 0.25) is 0 Å². The number of carbonyl (C=O) groups is 2. The number of rotatable bonds is 5. The van der Waals surface area contributed by atoms with E-state index in [0.29, 0.717) is 16.9 Å². The third kappa shape index (κ3) is 3.76. The minimum absolute atomic E-state index is 0.101. The molecule has 3 rings (SSSR count). The summed E-state index contributed by atoms with van der Waals surface area (Å²) < 4.78 is 30.6. The fourth-order valence-corrected chi connectivity index (χ4v) is 5.89. The molecular formula is C18H21NO5S2. The first-order valence-electron chi connectivity index (χ1n) is 8.33. The molecule has 2 aromatic rings. The van der Waals surface area contributed by atoms with Gasteiger partial charge < -0.3 is 9.30 Å². The summed E-state index contributed by atoms with van der Waals surface area (Å²) in [6.07, 6.45) is 0.555. The lowest BCUT2D eigenvalue weighted by Crippen LogP contribution is -2.16. The third-order valence-electron chi connectivity index (χ3n) is 4.63. The number of nitrogens with zero attached hydrogens (tertiary/aromatic N) is 1. The van der Waals surface area contributed by atoms with Crippen LogP contribution in [0.25, 0.3) is 0 Å². The molecule has 140 valence electrons. The molecule has 3 heterocycles. The number of carbonyl (C=O) groups excluding carboxylic acids is 2. The van der Waals surface area contributed by atoms with Crippen LogP contribution < -0.4 is 0 Å². The van der Waals surface area contributed by atoms with Crippen molar-refractivity contribution in [2.75, 3.05) is 18.1 Å². The molecule has 1 aliphatic heterocycles. The molecule has 0 aromatic carbocycles. The Morgan fingerprint density at radius 2 is 2.00 bits per heavy atom. The predicted molar refractivity (Wildman–Crippen MR) is 99.9 cm³/mol. The lowest BCUT2D eigenvalue weighted by Gasteiger charge is -2.16. The van der Waals surface area contributed by atoms with E-state index in [4.69, 9.17) is 4.74 Å². The van der Waals surface area contributed by atoms with Crippen molar-refractivity contribution in [3.05, 3.63) is 44.9 Å². The SMILES string of the molecule is Cc1ccc(C(=O)OCC(=O)c2cc(C)n(C3CCS(=O)(=O)C3)c2C)s1. The second kappa shape index (κ2) is 7.00. The van der Waals surface area contributed by atoms with Crippen molar-refractivity contribution >= 4 is 32.9 Å². The maximum Gasteiger partial charge on any atom is 0.348 e. The number of ether oxygens (including phenoxy) is 1. The first-order chi connectivity index (χ1) is 12.2. The molecule has 1 saturated heterocycles. The van der Waals surface area contributed by atoms with Crippen LogP contribution in [-0.4, -0.2) is 42.9 Å². The summed E-state index contributed by atoms with van der Waals surface area (Å²) in [5, 5.41) is 0. The standard InChI is InChI=1S/C18H21NO5S2/c1-11-8-15(13(3)19(11)14-6-7-26(22,23)10-14)16(20)9-24-18(21)17-5-4-12(2)25-17/h4-5,8,14H,6-7,9-10H2,1-3H3. The maximum absolute atomic E-state index is 12.5. The van der Waals surface area contributed by atoms with Gasteiger partial charge in [0, 0.05) is 27.9 Å². The molecule has 1 unspecified atom stereocenters. The lowest BCUT2D eigenvalue weighted by atomic mass is 10.1. The Morgan fingerprint density at radius 1 is 1.27 bits per heavy atom. The quantitative estimate of drug-likeness (QED) is 0.574. The highest BCUT2D eigenvalue weighted by molar-refractivity contribution is 7.91. The predicted octanol–water partition coefficient (Wildman–Crippen LogP) is 2.87. The molecule has 0 aliphatic carbocycles. The van der Waals surface area contributed by atoms with E-state index in [0.717, 1.165) is 16.3 Å². The highest BCUT2D eigenvalue weighted by Crippen LogP contribution is 2.29. The van der Waals surface area contributed by atoms with E-state index in [2.05, 4.69) is 0 Å². The van der Waals surface area contributed by atoms with Gasteiger partial charge in [0.25, 0.3) is 0 Å². The molecule has 26 heavy (non-hydrogen) atoms. The summed E-state index contributed by atoms with van der Waals surface area (Å²) >= 11 is 1.32. The number of ketones is 1. The molecule has 8 heteroatoms. The van der Waals surface area contributed by atoms with Gasteiger partial charge in [-0.05, 0) is 45.4 Å². The number of Topliss-reactive ketones (excluding diaryl/α,β-unsaturated/α-hetero) is 1. The van der Waals surface area contributed by atoms with Crippen LogP contribution in [0.1, 0.15) is 48.8 Å². The van der Waals surface area contributed by atoms with E-state index in [-0.39, 0.29) is 29.9 Å². The van der Waals surface area contributed by atoms with E-state index < -0.39 is 15.8 Å². The monoisotopic (exact) mass is 395 g/mol. The van der Waals surface area contributed by atoms with Gasteiger partial charge in [-0.15, -0.1) is 11.3 Å². The number of aryl methyl sites for hydroxylation is 2. The number of esters is 1. The van der Waals surface area contributed by atoms with E-state index in [1.807, 2.05) is 24.5 Å². The van der Waals surface area contributed by atoms with Gasteiger partial charge >= 0.3 is 5.97 Å². The number of thiophene rings is 1. The van der Waals surface area contributed by atoms with Gasteiger partial charge in [-0.25, -0.2) is 13.2 Å². The zero-order chi connectivity index (χ0) is 19.1. The van der Waals surface area contributed by atoms with E-state index >= 15 is 0 Å². The van der Waals surface area contributed by atoms with Crippen LogP contribution in [0.3, 0.4) is 0 Å². The number of hydrogen-bond acceptors (Lipinski definition) is 6. The number of hydrogen-bond donors (Lipinski definition) is 0. The molecule has 0 amide bonds. The molecule has 2 aromatic heterocycles. The summed E-state index contributed by atoms with van der Waals surface area (Å²) in [7, 11) is -3.01. The van der Waals surface area contributed by atoms with Gasteiger partial charge in [-0.2, -0.15) is 0 Å². The fourth-order valence-electron chi connectivity index (χ4n) is 3.42. The second-order valence-corrected chi connectivity index (χ2v) is 10.1. The smallest absolute Gasteiger partial charge is 0.348 e. The Kier molecular flexibility index (Phi) is 5.07. The Hall–Kier alpha value is -1.93. The Morgan fingerprint density at radius 3 is 2.58 bits per heavy atom. The maximum atomic E-state index is 12.5. The van der Waals surface area contributed by atoms with Gasteiger partial charge in [0.15, 0.2) is 16.4 Å². The van der Waals surface area contributed by atoms with E-state index in [1.54, 1.807) is 19.1 Å². The molecule has 6 nitrogen and oxygen atoms in total. The second-order valence-electron chi connectivity index (χ2n) is 6.62. The van der Waals surface area contributed by atoms with Gasteiger partial charge in [0.05, 0.1) is 11.5 Å². The molecule has 1 aliphatic rings. The van der Waals surface area contributed by atoms with Crippen molar-refractivity contribution in [1.82, 2.24) is 4.57 Å². The van der Waals surface area contributed by atoms with Crippen molar-refractivity contribution in [2.24, 2.45) is 0 Å². The summed E-state index contributed by atoms with van der Waals surface area (Å²) in [5.41, 5.74) is 2.03. The van der Waals surface area contributed by atoms with Gasteiger partial charge in [-0.3, -0.25) is 4.79 Å². The summed E-state index contributed by atoms with van der Waals surface area (Å²) in [4.78, 5) is 26.0. The van der Waals surface area contributed by atoms with Crippen LogP contribution in [0.15, 0.2) is 18.2 Å². The first-order valence-corrected chi connectivity index (χ1v) is 11.0. The normalized spacial score (nSPS) is 18.8. The number of sulfone groups is 1. The minimum Gasteiger partial charge on any atom is -0.453 e. The van der Waals surface area contributed by atoms with Gasteiger partial charge in [0.1, 0.15) is 4.88 Å². The summed E-state index contributed by atoms with van der Waals surface area (Å²) in [6.45, 7) is 5.22.